The molecule has 0 spiro atoms. The fourth-order valence-electron chi connectivity index (χ4n) is 2.53. The van der Waals surface area contributed by atoms with Crippen molar-refractivity contribution in [2.24, 2.45) is 10.7 Å². The number of hydrogen-bond donors (Lipinski definition) is 3. The van der Waals surface area contributed by atoms with Crippen LogP contribution in [0.15, 0.2) is 53.5 Å². The second kappa shape index (κ2) is 7.90. The molecule has 0 radical (unpaired) electrons. The molecule has 2 aromatic rings. The number of ether oxygens (including phenoxy) is 1. The van der Waals surface area contributed by atoms with E-state index in [1.54, 1.807) is 24.3 Å². The van der Waals surface area contributed by atoms with Crippen LogP contribution >= 0.6 is 11.6 Å². The molecule has 0 bridgehead atoms. The summed E-state index contributed by atoms with van der Waals surface area (Å²) < 4.78 is 5.14. The van der Waals surface area contributed by atoms with Gasteiger partial charge in [0.25, 0.3) is 6.02 Å². The van der Waals surface area contributed by atoms with Gasteiger partial charge in [0.05, 0.1) is 6.04 Å². The molecular formula is C18H19ClN4O2. The molecule has 4 N–H and O–H groups in total. The van der Waals surface area contributed by atoms with Crippen molar-refractivity contribution in [1.82, 2.24) is 0 Å². The van der Waals surface area contributed by atoms with E-state index in [1.165, 1.54) is 5.56 Å². The lowest BCUT2D eigenvalue weighted by molar-refractivity contribution is 0.262. The monoisotopic (exact) mass is 358 g/mol. The summed E-state index contributed by atoms with van der Waals surface area (Å²) in [5, 5.41) is 6.10. The number of amidine groups is 1. The van der Waals surface area contributed by atoms with E-state index in [9.17, 15) is 4.79 Å². The third-order valence-electron chi connectivity index (χ3n) is 3.79. The lowest BCUT2D eigenvalue weighted by atomic mass is 10.1. The SMILES string of the molecule is NC1=N[C@@H](CCc2ccc(NC(=O)Nc3cccc(Cl)c3)cc2)CO1. The Morgan fingerprint density at radius 1 is 1.20 bits per heavy atom. The molecule has 0 aliphatic carbocycles. The molecule has 0 unspecified atom stereocenters. The molecule has 1 atom stereocenters. The van der Waals surface area contributed by atoms with Crippen molar-refractivity contribution >= 4 is 35.0 Å². The molecule has 0 saturated carbocycles. The molecule has 2 amide bonds. The third kappa shape index (κ3) is 5.12. The van der Waals surface area contributed by atoms with Crippen molar-refractivity contribution in [1.29, 1.82) is 0 Å². The van der Waals surface area contributed by atoms with Crippen LogP contribution in [0.2, 0.25) is 5.02 Å². The normalized spacial score (nSPS) is 16.0. The highest BCUT2D eigenvalue weighted by Crippen LogP contribution is 2.17. The average molecular weight is 359 g/mol. The maximum atomic E-state index is 12.0. The largest absolute Gasteiger partial charge is 0.463 e. The summed E-state index contributed by atoms with van der Waals surface area (Å²) in [6.07, 6.45) is 1.75. The average Bonchev–Trinajstić information content (AvgIpc) is 2.99. The van der Waals surface area contributed by atoms with E-state index >= 15 is 0 Å². The van der Waals surface area contributed by atoms with Crippen molar-refractivity contribution in [3.63, 3.8) is 0 Å². The van der Waals surface area contributed by atoms with E-state index in [2.05, 4.69) is 15.6 Å². The van der Waals surface area contributed by atoms with E-state index in [0.717, 1.165) is 18.5 Å². The van der Waals surface area contributed by atoms with E-state index in [-0.39, 0.29) is 18.1 Å². The smallest absolute Gasteiger partial charge is 0.323 e. The van der Waals surface area contributed by atoms with E-state index in [1.807, 2.05) is 24.3 Å². The first-order valence-electron chi connectivity index (χ1n) is 7.97. The van der Waals surface area contributed by atoms with Crippen LogP contribution in [-0.4, -0.2) is 24.7 Å². The van der Waals surface area contributed by atoms with Gasteiger partial charge in [-0.25, -0.2) is 9.79 Å². The standard InChI is InChI=1S/C18H19ClN4O2/c19-13-2-1-3-15(10-13)23-18(24)22-14-7-4-12(5-8-14)6-9-16-11-25-17(20)21-16/h1-5,7-8,10,16H,6,9,11H2,(H2,20,21)(H2,22,23,24)/t16-/m0/s1. The highest BCUT2D eigenvalue weighted by Gasteiger charge is 2.16. The Morgan fingerprint density at radius 2 is 1.96 bits per heavy atom. The van der Waals surface area contributed by atoms with E-state index < -0.39 is 0 Å². The molecule has 0 saturated heterocycles. The number of amides is 2. The maximum Gasteiger partial charge on any atom is 0.323 e. The van der Waals surface area contributed by atoms with Crippen molar-refractivity contribution < 1.29 is 9.53 Å². The fraction of sp³-hybridized carbons (Fsp3) is 0.222. The molecule has 1 heterocycles. The zero-order chi connectivity index (χ0) is 17.6. The fourth-order valence-corrected chi connectivity index (χ4v) is 2.72. The molecule has 25 heavy (non-hydrogen) atoms. The molecule has 6 nitrogen and oxygen atoms in total. The highest BCUT2D eigenvalue weighted by molar-refractivity contribution is 6.30. The number of carbonyl (C=O) groups excluding carboxylic acids is 1. The Kier molecular flexibility index (Phi) is 5.40. The summed E-state index contributed by atoms with van der Waals surface area (Å²) in [4.78, 5) is 16.2. The van der Waals surface area contributed by atoms with Gasteiger partial charge in [0, 0.05) is 16.4 Å². The number of rotatable bonds is 5. The summed E-state index contributed by atoms with van der Waals surface area (Å²) in [5.74, 6) is 0. The lowest BCUT2D eigenvalue weighted by Gasteiger charge is -2.09. The van der Waals surface area contributed by atoms with Gasteiger partial charge in [-0.1, -0.05) is 29.8 Å². The Morgan fingerprint density at radius 3 is 2.64 bits per heavy atom. The Hall–Kier alpha value is -2.73. The van der Waals surface area contributed by atoms with E-state index in [4.69, 9.17) is 22.1 Å². The van der Waals surface area contributed by atoms with Gasteiger partial charge in [-0.05, 0) is 48.7 Å². The van der Waals surface area contributed by atoms with Gasteiger partial charge in [-0.15, -0.1) is 0 Å². The van der Waals surface area contributed by atoms with Gasteiger partial charge in [0.2, 0.25) is 0 Å². The van der Waals surface area contributed by atoms with Crippen molar-refractivity contribution in [2.75, 3.05) is 17.2 Å². The number of benzene rings is 2. The van der Waals surface area contributed by atoms with Crippen LogP contribution < -0.4 is 16.4 Å². The summed E-state index contributed by atoms with van der Waals surface area (Å²) in [6, 6.07) is 14.8. The van der Waals surface area contributed by atoms with Crippen LogP contribution in [0.5, 0.6) is 0 Å². The Labute approximate surface area is 151 Å². The van der Waals surface area contributed by atoms with Crippen LogP contribution in [0.25, 0.3) is 0 Å². The summed E-state index contributed by atoms with van der Waals surface area (Å²) in [7, 11) is 0. The molecule has 1 aliphatic heterocycles. The number of nitrogens with zero attached hydrogens (tertiary/aromatic N) is 1. The molecule has 3 rings (SSSR count). The minimum Gasteiger partial charge on any atom is -0.463 e. The Balaban J connectivity index is 1.49. The van der Waals surface area contributed by atoms with E-state index in [0.29, 0.717) is 17.3 Å². The number of urea groups is 1. The van der Waals surface area contributed by atoms with Crippen LogP contribution in [0, 0.1) is 0 Å². The van der Waals surface area contributed by atoms with Crippen LogP contribution in [0.4, 0.5) is 16.2 Å². The zero-order valence-electron chi connectivity index (χ0n) is 13.5. The molecule has 7 heteroatoms. The topological polar surface area (TPSA) is 88.7 Å². The summed E-state index contributed by atoms with van der Waals surface area (Å²) >= 11 is 5.90. The number of halogens is 1. The van der Waals surface area contributed by atoms with Crippen molar-refractivity contribution in [3.8, 4) is 0 Å². The first-order valence-corrected chi connectivity index (χ1v) is 8.35. The second-order valence-electron chi connectivity index (χ2n) is 5.76. The van der Waals surface area contributed by atoms with Crippen LogP contribution in [-0.2, 0) is 11.2 Å². The predicted molar refractivity (Wildman–Crippen MR) is 100 cm³/mol. The lowest BCUT2D eigenvalue weighted by Crippen LogP contribution is -2.19. The molecule has 0 fully saturated rings. The third-order valence-corrected chi connectivity index (χ3v) is 4.03. The number of hydrogen-bond acceptors (Lipinski definition) is 4. The summed E-state index contributed by atoms with van der Waals surface area (Å²) in [5.41, 5.74) is 8.02. The van der Waals surface area contributed by atoms with Crippen LogP contribution in [0.3, 0.4) is 0 Å². The quantitative estimate of drug-likeness (QED) is 0.762. The summed E-state index contributed by atoms with van der Waals surface area (Å²) in [6.45, 7) is 0.551. The van der Waals surface area contributed by atoms with Crippen molar-refractivity contribution in [2.45, 2.75) is 18.9 Å². The number of nitrogens with one attached hydrogen (secondary N) is 2. The predicted octanol–water partition coefficient (Wildman–Crippen LogP) is 3.63. The number of nitrogens with two attached hydrogens (primary N) is 1. The van der Waals surface area contributed by atoms with Gasteiger partial charge in [-0.2, -0.15) is 0 Å². The van der Waals surface area contributed by atoms with Gasteiger partial charge in [-0.3, -0.25) is 0 Å². The number of anilines is 2. The first kappa shape index (κ1) is 17.1. The maximum absolute atomic E-state index is 12.0. The Bertz CT molecular complexity index is 777. The second-order valence-corrected chi connectivity index (χ2v) is 6.19. The van der Waals surface area contributed by atoms with Crippen molar-refractivity contribution in [3.05, 3.63) is 59.1 Å². The van der Waals surface area contributed by atoms with Crippen LogP contribution in [0.1, 0.15) is 12.0 Å². The molecule has 2 aromatic carbocycles. The minimum atomic E-state index is -0.317. The first-order chi connectivity index (χ1) is 12.1. The van der Waals surface area contributed by atoms with Gasteiger partial charge in [0.1, 0.15) is 6.61 Å². The number of aryl methyl sites for hydroxylation is 1. The highest BCUT2D eigenvalue weighted by atomic mass is 35.5. The van der Waals surface area contributed by atoms with Gasteiger partial charge < -0.3 is 21.1 Å². The molecule has 1 aliphatic rings. The molecule has 130 valence electrons. The van der Waals surface area contributed by atoms with Gasteiger partial charge in [0.15, 0.2) is 0 Å². The minimum absolute atomic E-state index is 0.126. The number of aliphatic imine (C=N–C) groups is 1. The van der Waals surface area contributed by atoms with Gasteiger partial charge >= 0.3 is 6.03 Å². The number of carbonyl (C=O) groups is 1. The molecular weight excluding hydrogens is 340 g/mol. The zero-order valence-corrected chi connectivity index (χ0v) is 14.3. The molecule has 0 aromatic heterocycles.